The maximum Gasteiger partial charge on any atom is 0.160 e. The number of nitrogens with zero attached hydrogens (tertiary/aromatic N) is 1. The second kappa shape index (κ2) is 6.85. The van der Waals surface area contributed by atoms with Crippen molar-refractivity contribution in [2.75, 3.05) is 7.11 Å². The number of fused-ring (bicyclic) bond motifs is 6. The number of benzene rings is 2. The van der Waals surface area contributed by atoms with Crippen LogP contribution in [0.4, 0.5) is 0 Å². The number of phenols is 1. The van der Waals surface area contributed by atoms with E-state index in [0.717, 1.165) is 6.42 Å². The third-order valence-corrected chi connectivity index (χ3v) is 8.56. The van der Waals surface area contributed by atoms with E-state index in [1.54, 1.807) is 12.7 Å². The van der Waals surface area contributed by atoms with Crippen LogP contribution < -0.4 is 4.74 Å². The van der Waals surface area contributed by atoms with Crippen molar-refractivity contribution in [3.8, 4) is 11.5 Å². The van der Waals surface area contributed by atoms with Gasteiger partial charge in [0, 0.05) is 17.8 Å². The molecule has 3 heteroatoms. The van der Waals surface area contributed by atoms with Gasteiger partial charge in [-0.15, -0.1) is 0 Å². The highest BCUT2D eigenvalue weighted by molar-refractivity contribution is 5.87. The first kappa shape index (κ1) is 18.9. The zero-order valence-corrected chi connectivity index (χ0v) is 18.3. The lowest BCUT2D eigenvalue weighted by Crippen LogP contribution is -2.40. The van der Waals surface area contributed by atoms with Crippen molar-refractivity contribution in [1.29, 1.82) is 0 Å². The van der Waals surface area contributed by atoms with Gasteiger partial charge in [-0.05, 0) is 107 Å². The van der Waals surface area contributed by atoms with E-state index in [1.165, 1.54) is 53.1 Å². The van der Waals surface area contributed by atoms with Gasteiger partial charge in [0.05, 0.1) is 7.11 Å². The number of allylic oxidation sites excluding steroid dienone is 2. The van der Waals surface area contributed by atoms with Crippen molar-refractivity contribution in [3.63, 3.8) is 0 Å². The molecule has 0 amide bonds. The Morgan fingerprint density at radius 3 is 2.87 bits per heavy atom. The number of aromatic hydroxyl groups is 1. The third kappa shape index (κ3) is 2.75. The SMILES string of the molecule is COc1cc2c(cc1O)CC[C@@H]1[C@@H]2CC[C@]2(C)C(c3ccc4cnccc4c3)=CC[C@@H]12. The van der Waals surface area contributed by atoms with E-state index in [1.807, 2.05) is 18.5 Å². The quantitative estimate of drug-likeness (QED) is 0.523. The molecular weight excluding hydrogens is 382 g/mol. The fourth-order valence-corrected chi connectivity index (χ4v) is 7.02. The Hall–Kier alpha value is -2.81. The fraction of sp³-hybridized carbons (Fsp3) is 0.393. The van der Waals surface area contributed by atoms with E-state index < -0.39 is 0 Å². The number of aryl methyl sites for hydroxylation is 1. The summed E-state index contributed by atoms with van der Waals surface area (Å²) in [6.45, 7) is 2.51. The van der Waals surface area contributed by atoms with Gasteiger partial charge in [0.1, 0.15) is 0 Å². The maximum absolute atomic E-state index is 10.3. The van der Waals surface area contributed by atoms with Crippen LogP contribution in [-0.2, 0) is 6.42 Å². The summed E-state index contributed by atoms with van der Waals surface area (Å²) in [7, 11) is 1.65. The summed E-state index contributed by atoms with van der Waals surface area (Å²) < 4.78 is 5.44. The second-order valence-corrected chi connectivity index (χ2v) is 9.89. The molecule has 2 aromatic carbocycles. The number of phenolic OH excluding ortho intramolecular Hbond substituents is 1. The van der Waals surface area contributed by atoms with Crippen LogP contribution in [0.3, 0.4) is 0 Å². The van der Waals surface area contributed by atoms with Gasteiger partial charge in [-0.1, -0.05) is 25.1 Å². The van der Waals surface area contributed by atoms with Crippen LogP contribution >= 0.6 is 0 Å². The van der Waals surface area contributed by atoms with E-state index >= 15 is 0 Å². The van der Waals surface area contributed by atoms with E-state index in [-0.39, 0.29) is 11.2 Å². The normalized spacial score (nSPS) is 29.1. The van der Waals surface area contributed by atoms with Gasteiger partial charge in [0.25, 0.3) is 0 Å². The number of hydrogen-bond acceptors (Lipinski definition) is 3. The summed E-state index contributed by atoms with van der Waals surface area (Å²) in [5.74, 6) is 2.84. The molecule has 3 aliphatic carbocycles. The molecule has 0 saturated heterocycles. The Kier molecular flexibility index (Phi) is 4.18. The Bertz CT molecular complexity index is 1210. The van der Waals surface area contributed by atoms with Gasteiger partial charge in [-0.25, -0.2) is 0 Å². The smallest absolute Gasteiger partial charge is 0.160 e. The monoisotopic (exact) mass is 411 g/mol. The number of methoxy groups -OCH3 is 1. The average molecular weight is 412 g/mol. The van der Waals surface area contributed by atoms with Crippen LogP contribution in [0.2, 0.25) is 0 Å². The Labute approximate surface area is 183 Å². The summed E-state index contributed by atoms with van der Waals surface area (Å²) in [5.41, 5.74) is 5.89. The summed E-state index contributed by atoms with van der Waals surface area (Å²) >= 11 is 0. The van der Waals surface area contributed by atoms with E-state index in [4.69, 9.17) is 4.74 Å². The molecule has 3 aliphatic rings. The molecule has 4 atom stereocenters. The molecular formula is C28H29NO2. The van der Waals surface area contributed by atoms with Crippen molar-refractivity contribution in [3.05, 3.63) is 71.6 Å². The lowest BCUT2D eigenvalue weighted by Gasteiger charge is -2.50. The van der Waals surface area contributed by atoms with Gasteiger partial charge < -0.3 is 9.84 Å². The Morgan fingerprint density at radius 1 is 1.10 bits per heavy atom. The molecule has 1 fully saturated rings. The molecule has 0 bridgehead atoms. The van der Waals surface area contributed by atoms with Gasteiger partial charge >= 0.3 is 0 Å². The molecule has 1 aromatic heterocycles. The molecule has 0 radical (unpaired) electrons. The molecule has 31 heavy (non-hydrogen) atoms. The second-order valence-electron chi connectivity index (χ2n) is 9.89. The fourth-order valence-electron chi connectivity index (χ4n) is 7.02. The first-order valence-electron chi connectivity index (χ1n) is 11.5. The van der Waals surface area contributed by atoms with Crippen LogP contribution in [0.1, 0.15) is 55.2 Å². The number of aromatic nitrogens is 1. The number of rotatable bonds is 2. The third-order valence-electron chi connectivity index (χ3n) is 8.56. The van der Waals surface area contributed by atoms with Gasteiger partial charge in [0.15, 0.2) is 11.5 Å². The van der Waals surface area contributed by atoms with E-state index in [9.17, 15) is 5.11 Å². The standard InChI is InChI=1S/C28H29NO2/c1-28-11-9-21-22(6-5-18-14-26(30)27(31-2)15-23(18)21)25(28)8-7-24(28)19-3-4-20-16-29-12-10-17(20)13-19/h3-4,7,10,12-16,21-22,25,30H,5-6,8-9,11H2,1-2H3/t21-,22+,25-,28+/m0/s1. The summed E-state index contributed by atoms with van der Waals surface area (Å²) in [6.07, 6.45) is 12.2. The largest absolute Gasteiger partial charge is 0.504 e. The van der Waals surface area contributed by atoms with E-state index in [0.29, 0.717) is 23.5 Å². The van der Waals surface area contributed by atoms with Crippen molar-refractivity contribution < 1.29 is 9.84 Å². The number of ether oxygens (including phenoxy) is 1. The van der Waals surface area contributed by atoms with E-state index in [2.05, 4.69) is 48.3 Å². The molecule has 1 N–H and O–H groups in total. The van der Waals surface area contributed by atoms with Gasteiger partial charge in [-0.3, -0.25) is 4.98 Å². The predicted octanol–water partition coefficient (Wildman–Crippen LogP) is 6.50. The molecule has 3 nitrogen and oxygen atoms in total. The lowest BCUT2D eigenvalue weighted by atomic mass is 9.54. The minimum atomic E-state index is 0.236. The van der Waals surface area contributed by atoms with Crippen molar-refractivity contribution >= 4 is 16.3 Å². The van der Waals surface area contributed by atoms with Crippen LogP contribution in [-0.4, -0.2) is 17.2 Å². The minimum absolute atomic E-state index is 0.236. The zero-order valence-electron chi connectivity index (χ0n) is 18.3. The molecule has 0 aliphatic heterocycles. The summed E-state index contributed by atoms with van der Waals surface area (Å²) in [6, 6.07) is 13.0. The topological polar surface area (TPSA) is 42.4 Å². The van der Waals surface area contributed by atoms with Crippen LogP contribution in [0.15, 0.2) is 54.9 Å². The van der Waals surface area contributed by atoms with Crippen molar-refractivity contribution in [2.45, 2.75) is 44.9 Å². The number of hydrogen-bond donors (Lipinski definition) is 1. The van der Waals surface area contributed by atoms with Gasteiger partial charge in [0.2, 0.25) is 0 Å². The first-order chi connectivity index (χ1) is 15.1. The zero-order chi connectivity index (χ0) is 21.2. The summed E-state index contributed by atoms with van der Waals surface area (Å²) in [4.78, 5) is 4.26. The summed E-state index contributed by atoms with van der Waals surface area (Å²) in [5, 5.41) is 12.7. The average Bonchev–Trinajstić information content (AvgIpc) is 3.15. The highest BCUT2D eigenvalue weighted by atomic mass is 16.5. The van der Waals surface area contributed by atoms with Gasteiger partial charge in [-0.2, -0.15) is 0 Å². The predicted molar refractivity (Wildman–Crippen MR) is 124 cm³/mol. The molecule has 6 rings (SSSR count). The molecule has 158 valence electrons. The maximum atomic E-state index is 10.3. The lowest BCUT2D eigenvalue weighted by molar-refractivity contribution is 0.0884. The Balaban J connectivity index is 1.35. The van der Waals surface area contributed by atoms with Crippen LogP contribution in [0, 0.1) is 17.3 Å². The highest BCUT2D eigenvalue weighted by Gasteiger charge is 2.52. The minimum Gasteiger partial charge on any atom is -0.504 e. The van der Waals surface area contributed by atoms with Crippen LogP contribution in [0.5, 0.6) is 11.5 Å². The van der Waals surface area contributed by atoms with Crippen molar-refractivity contribution in [1.82, 2.24) is 4.98 Å². The first-order valence-corrected chi connectivity index (χ1v) is 11.5. The Morgan fingerprint density at radius 2 is 2.00 bits per heavy atom. The van der Waals surface area contributed by atoms with Crippen molar-refractivity contribution in [2.24, 2.45) is 17.3 Å². The molecule has 0 unspecified atom stereocenters. The molecule has 1 saturated carbocycles. The van der Waals surface area contributed by atoms with Crippen LogP contribution in [0.25, 0.3) is 16.3 Å². The molecule has 3 aromatic rings. The molecule has 1 heterocycles. The molecule has 0 spiro atoms. The highest BCUT2D eigenvalue weighted by Crippen LogP contribution is 2.63. The number of pyridine rings is 1.